The van der Waals surface area contributed by atoms with Crippen LogP contribution in [-0.4, -0.2) is 39.7 Å². The molecule has 2 N–H and O–H groups in total. The van der Waals surface area contributed by atoms with Gasteiger partial charge in [0.1, 0.15) is 5.60 Å². The van der Waals surface area contributed by atoms with Crippen molar-refractivity contribution in [2.45, 2.75) is 58.6 Å². The van der Waals surface area contributed by atoms with Crippen LogP contribution in [0.5, 0.6) is 0 Å². The van der Waals surface area contributed by atoms with Gasteiger partial charge in [0.25, 0.3) is 0 Å². The van der Waals surface area contributed by atoms with Gasteiger partial charge in [-0.05, 0) is 27.2 Å². The number of amides is 1. The molecular formula is C11H23NO4. The highest BCUT2D eigenvalue weighted by molar-refractivity contribution is 5.67. The normalized spacial score (nSPS) is 13.4. The molecule has 0 bridgehead atoms. The van der Waals surface area contributed by atoms with Crippen molar-refractivity contribution in [2.24, 2.45) is 0 Å². The Bertz CT molecular complexity index is 213. The van der Waals surface area contributed by atoms with Gasteiger partial charge in [0.05, 0.1) is 12.6 Å². The lowest BCUT2D eigenvalue weighted by Gasteiger charge is -2.27. The number of nitrogens with zero attached hydrogens (tertiary/aromatic N) is 1. The fourth-order valence-electron chi connectivity index (χ4n) is 1.19. The number of carbonyl (C=O) groups excluding carboxylic acids is 1. The van der Waals surface area contributed by atoms with E-state index in [1.54, 1.807) is 20.8 Å². The molecule has 0 aliphatic heterocycles. The number of unbranched alkanes of at least 4 members (excludes halogenated alkanes) is 1. The third kappa shape index (κ3) is 5.92. The van der Waals surface area contributed by atoms with Gasteiger partial charge in [-0.25, -0.2) is 4.79 Å². The van der Waals surface area contributed by atoms with E-state index in [-0.39, 0.29) is 6.61 Å². The predicted octanol–water partition coefficient (Wildman–Crippen LogP) is 2.16. The van der Waals surface area contributed by atoms with Gasteiger partial charge in [-0.3, -0.25) is 5.21 Å². The molecule has 0 radical (unpaired) electrons. The highest BCUT2D eigenvalue weighted by Gasteiger charge is 2.26. The molecule has 1 atom stereocenters. The molecule has 1 amide bonds. The lowest BCUT2D eigenvalue weighted by Crippen LogP contribution is -2.43. The van der Waals surface area contributed by atoms with Crippen LogP contribution >= 0.6 is 0 Å². The molecule has 0 aliphatic rings. The van der Waals surface area contributed by atoms with Crippen LogP contribution < -0.4 is 0 Å². The molecule has 0 aromatic heterocycles. The Balaban J connectivity index is 4.27. The van der Waals surface area contributed by atoms with Crippen LogP contribution in [0.1, 0.15) is 47.0 Å². The Kier molecular flexibility index (Phi) is 6.36. The Hall–Kier alpha value is -0.810. The summed E-state index contributed by atoms with van der Waals surface area (Å²) in [6, 6.07) is -0.588. The van der Waals surface area contributed by atoms with Crippen molar-refractivity contribution in [2.75, 3.05) is 6.61 Å². The number of hydrogen-bond acceptors (Lipinski definition) is 4. The second-order valence-corrected chi connectivity index (χ2v) is 4.80. The highest BCUT2D eigenvalue weighted by atomic mass is 16.6. The van der Waals surface area contributed by atoms with Crippen LogP contribution in [0, 0.1) is 0 Å². The van der Waals surface area contributed by atoms with Gasteiger partial charge in [-0.1, -0.05) is 19.8 Å². The minimum absolute atomic E-state index is 0.268. The van der Waals surface area contributed by atoms with Crippen molar-refractivity contribution >= 4 is 6.09 Å². The quantitative estimate of drug-likeness (QED) is 0.564. The standard InChI is InChI=1S/C11H23NO4/c1-5-6-7-9(8-13)12(15)10(14)16-11(2,3)4/h9,13,15H,5-8H2,1-4H3/t9-/m0/s1. The van der Waals surface area contributed by atoms with E-state index in [0.29, 0.717) is 11.5 Å². The number of hydroxylamine groups is 2. The summed E-state index contributed by atoms with van der Waals surface area (Å²) < 4.78 is 4.99. The maximum atomic E-state index is 11.5. The molecule has 0 aliphatic carbocycles. The predicted molar refractivity (Wildman–Crippen MR) is 60.3 cm³/mol. The van der Waals surface area contributed by atoms with Crippen LogP contribution in [0.15, 0.2) is 0 Å². The summed E-state index contributed by atoms with van der Waals surface area (Å²) in [6.45, 7) is 6.90. The summed E-state index contributed by atoms with van der Waals surface area (Å²) in [6.07, 6.45) is 1.52. The van der Waals surface area contributed by atoms with Crippen LogP contribution in [0.25, 0.3) is 0 Å². The van der Waals surface area contributed by atoms with E-state index < -0.39 is 17.7 Å². The largest absolute Gasteiger partial charge is 0.442 e. The number of rotatable bonds is 5. The molecule has 16 heavy (non-hydrogen) atoms. The Morgan fingerprint density at radius 3 is 2.38 bits per heavy atom. The van der Waals surface area contributed by atoms with Crippen molar-refractivity contribution in [3.8, 4) is 0 Å². The van der Waals surface area contributed by atoms with E-state index in [1.165, 1.54) is 0 Å². The van der Waals surface area contributed by atoms with Crippen molar-refractivity contribution in [1.29, 1.82) is 0 Å². The number of carbonyl (C=O) groups is 1. The summed E-state index contributed by atoms with van der Waals surface area (Å²) >= 11 is 0. The summed E-state index contributed by atoms with van der Waals surface area (Å²) in [4.78, 5) is 11.5. The lowest BCUT2D eigenvalue weighted by atomic mass is 10.1. The lowest BCUT2D eigenvalue weighted by molar-refractivity contribution is -0.130. The van der Waals surface area contributed by atoms with Crippen LogP contribution in [0.2, 0.25) is 0 Å². The molecule has 0 aromatic rings. The smallest absolute Gasteiger partial charge is 0.434 e. The molecule has 5 nitrogen and oxygen atoms in total. The number of aliphatic hydroxyl groups excluding tert-OH is 1. The maximum Gasteiger partial charge on any atom is 0.434 e. The second kappa shape index (κ2) is 6.70. The summed E-state index contributed by atoms with van der Waals surface area (Å²) in [5.41, 5.74) is -0.650. The topological polar surface area (TPSA) is 70.0 Å². The van der Waals surface area contributed by atoms with E-state index >= 15 is 0 Å². The van der Waals surface area contributed by atoms with E-state index in [1.807, 2.05) is 6.92 Å². The molecular weight excluding hydrogens is 210 g/mol. The number of ether oxygens (including phenoxy) is 1. The van der Waals surface area contributed by atoms with Gasteiger partial charge in [-0.15, -0.1) is 0 Å². The molecule has 0 fully saturated rings. The molecule has 0 saturated carbocycles. The zero-order chi connectivity index (χ0) is 12.8. The average molecular weight is 233 g/mol. The maximum absolute atomic E-state index is 11.5. The summed E-state index contributed by atoms with van der Waals surface area (Å²) in [5, 5.41) is 19.1. The average Bonchev–Trinajstić information content (AvgIpc) is 2.16. The zero-order valence-electron chi connectivity index (χ0n) is 10.6. The molecule has 0 saturated heterocycles. The van der Waals surface area contributed by atoms with Gasteiger partial charge < -0.3 is 9.84 Å². The fourth-order valence-corrected chi connectivity index (χ4v) is 1.19. The summed E-state index contributed by atoms with van der Waals surface area (Å²) in [5.74, 6) is 0. The van der Waals surface area contributed by atoms with Crippen molar-refractivity contribution in [1.82, 2.24) is 5.06 Å². The monoisotopic (exact) mass is 233 g/mol. The molecule has 0 heterocycles. The van der Waals surface area contributed by atoms with Crippen LogP contribution in [0.4, 0.5) is 4.79 Å². The van der Waals surface area contributed by atoms with Crippen LogP contribution in [0.3, 0.4) is 0 Å². The minimum atomic E-state index is -0.817. The van der Waals surface area contributed by atoms with Crippen molar-refractivity contribution in [3.63, 3.8) is 0 Å². The minimum Gasteiger partial charge on any atom is -0.442 e. The Morgan fingerprint density at radius 1 is 1.44 bits per heavy atom. The third-order valence-corrected chi connectivity index (χ3v) is 2.03. The van der Waals surface area contributed by atoms with Crippen LogP contribution in [-0.2, 0) is 4.74 Å². The van der Waals surface area contributed by atoms with Gasteiger partial charge in [-0.2, -0.15) is 5.06 Å². The molecule has 0 rings (SSSR count). The van der Waals surface area contributed by atoms with Gasteiger partial charge in [0.15, 0.2) is 0 Å². The van der Waals surface area contributed by atoms with E-state index in [9.17, 15) is 10.0 Å². The summed E-state index contributed by atoms with van der Waals surface area (Å²) in [7, 11) is 0. The number of aliphatic hydroxyl groups is 1. The van der Waals surface area contributed by atoms with Crippen molar-refractivity contribution in [3.05, 3.63) is 0 Å². The zero-order valence-corrected chi connectivity index (χ0v) is 10.6. The molecule has 0 unspecified atom stereocenters. The fraction of sp³-hybridized carbons (Fsp3) is 0.909. The SMILES string of the molecule is CCCC[C@@H](CO)N(O)C(=O)OC(C)(C)C. The first-order valence-corrected chi connectivity index (χ1v) is 5.63. The first-order chi connectivity index (χ1) is 7.31. The first-order valence-electron chi connectivity index (χ1n) is 5.63. The number of hydrogen-bond donors (Lipinski definition) is 2. The first kappa shape index (κ1) is 15.2. The third-order valence-electron chi connectivity index (χ3n) is 2.03. The van der Waals surface area contributed by atoms with E-state index in [0.717, 1.165) is 12.8 Å². The second-order valence-electron chi connectivity index (χ2n) is 4.80. The molecule has 0 aromatic carbocycles. The molecule has 5 heteroatoms. The van der Waals surface area contributed by atoms with E-state index in [4.69, 9.17) is 9.84 Å². The van der Waals surface area contributed by atoms with Gasteiger partial charge in [0.2, 0.25) is 0 Å². The molecule has 0 spiro atoms. The van der Waals surface area contributed by atoms with Gasteiger partial charge in [0, 0.05) is 0 Å². The van der Waals surface area contributed by atoms with Gasteiger partial charge >= 0.3 is 6.09 Å². The Labute approximate surface area is 97.0 Å². The highest BCUT2D eigenvalue weighted by Crippen LogP contribution is 2.13. The molecule has 96 valence electrons. The van der Waals surface area contributed by atoms with Crippen molar-refractivity contribution < 1.29 is 19.8 Å². The Morgan fingerprint density at radius 2 is 2.00 bits per heavy atom. The van der Waals surface area contributed by atoms with E-state index in [2.05, 4.69) is 0 Å².